The van der Waals surface area contributed by atoms with Gasteiger partial charge in [0.25, 0.3) is 0 Å². The number of rotatable bonds is 6. The fourth-order valence-electron chi connectivity index (χ4n) is 2.82. The lowest BCUT2D eigenvalue weighted by Gasteiger charge is -2.32. The molecule has 0 radical (unpaired) electrons. The van der Waals surface area contributed by atoms with Gasteiger partial charge >= 0.3 is 0 Å². The number of pyridine rings is 1. The van der Waals surface area contributed by atoms with E-state index in [9.17, 15) is 4.79 Å². The van der Waals surface area contributed by atoms with Gasteiger partial charge < -0.3 is 16.4 Å². The molecule has 7 nitrogen and oxygen atoms in total. The van der Waals surface area contributed by atoms with Gasteiger partial charge in [-0.3, -0.25) is 19.7 Å². The van der Waals surface area contributed by atoms with E-state index in [1.807, 2.05) is 19.2 Å². The average Bonchev–Trinajstić information content (AvgIpc) is 2.57. The van der Waals surface area contributed by atoms with Crippen molar-refractivity contribution >= 4 is 11.9 Å². The normalized spacial score (nSPS) is 16.8. The summed E-state index contributed by atoms with van der Waals surface area (Å²) in [6.07, 6.45) is 4.79. The number of amides is 1. The van der Waals surface area contributed by atoms with Gasteiger partial charge in [0.1, 0.15) is 0 Å². The van der Waals surface area contributed by atoms with Gasteiger partial charge in [0.2, 0.25) is 5.91 Å². The molecule has 24 heavy (non-hydrogen) atoms. The Hall–Kier alpha value is -2.15. The van der Waals surface area contributed by atoms with Crippen LogP contribution in [0.25, 0.3) is 0 Å². The number of nitrogens with one attached hydrogen (secondary N) is 2. The molecule has 0 unspecified atom stereocenters. The van der Waals surface area contributed by atoms with E-state index in [0.29, 0.717) is 12.6 Å². The highest BCUT2D eigenvalue weighted by atomic mass is 16.1. The largest absolute Gasteiger partial charge is 0.369 e. The summed E-state index contributed by atoms with van der Waals surface area (Å²) in [5.74, 6) is 0.563. The van der Waals surface area contributed by atoms with Crippen LogP contribution in [0.5, 0.6) is 0 Å². The molecule has 0 aromatic carbocycles. The standard InChI is InChI=1S/C17H28N6O/c1-13-3-4-14(11-21-13)5-8-20-17(19-2)22-15-6-9-23(10-7-15)12-16(18)24/h3-4,11,15H,5-10,12H2,1-2H3,(H2,18,24)(H2,19,20,22). The van der Waals surface area contributed by atoms with E-state index in [2.05, 4.69) is 31.6 Å². The van der Waals surface area contributed by atoms with Crippen LogP contribution in [0.3, 0.4) is 0 Å². The highest BCUT2D eigenvalue weighted by Gasteiger charge is 2.20. The van der Waals surface area contributed by atoms with Crippen molar-refractivity contribution in [2.45, 2.75) is 32.2 Å². The van der Waals surface area contributed by atoms with Gasteiger partial charge in [0.15, 0.2) is 5.96 Å². The van der Waals surface area contributed by atoms with Crippen LogP contribution in [0.4, 0.5) is 0 Å². The van der Waals surface area contributed by atoms with Gasteiger partial charge in [-0.25, -0.2) is 0 Å². The van der Waals surface area contributed by atoms with Crippen LogP contribution in [0.1, 0.15) is 24.1 Å². The van der Waals surface area contributed by atoms with Gasteiger partial charge in [-0.05, 0) is 37.8 Å². The molecule has 1 saturated heterocycles. The number of carbonyl (C=O) groups is 1. The predicted molar refractivity (Wildman–Crippen MR) is 95.8 cm³/mol. The van der Waals surface area contributed by atoms with Crippen molar-refractivity contribution in [1.82, 2.24) is 20.5 Å². The fourth-order valence-corrected chi connectivity index (χ4v) is 2.82. The molecule has 0 aliphatic carbocycles. The maximum absolute atomic E-state index is 11.0. The summed E-state index contributed by atoms with van der Waals surface area (Å²) >= 11 is 0. The average molecular weight is 332 g/mol. The van der Waals surface area contributed by atoms with E-state index in [0.717, 1.165) is 50.6 Å². The molecule has 4 N–H and O–H groups in total. The van der Waals surface area contributed by atoms with Gasteiger partial charge in [0.05, 0.1) is 6.54 Å². The van der Waals surface area contributed by atoms with E-state index < -0.39 is 0 Å². The predicted octanol–water partition coefficient (Wildman–Crippen LogP) is 0.0472. The third kappa shape index (κ3) is 6.16. The first-order chi connectivity index (χ1) is 11.6. The van der Waals surface area contributed by atoms with Crippen molar-refractivity contribution in [2.24, 2.45) is 10.7 Å². The molecule has 1 aliphatic rings. The van der Waals surface area contributed by atoms with Crippen LogP contribution in [0.15, 0.2) is 23.3 Å². The van der Waals surface area contributed by atoms with Crippen molar-refractivity contribution in [3.8, 4) is 0 Å². The first-order valence-electron chi connectivity index (χ1n) is 8.46. The molecule has 7 heteroatoms. The molecular formula is C17H28N6O. The van der Waals surface area contributed by atoms with E-state index in [-0.39, 0.29) is 5.91 Å². The number of piperidine rings is 1. The maximum atomic E-state index is 11.0. The van der Waals surface area contributed by atoms with Gasteiger partial charge in [0, 0.05) is 44.6 Å². The summed E-state index contributed by atoms with van der Waals surface area (Å²) in [6, 6.07) is 4.51. The Morgan fingerprint density at radius 1 is 1.42 bits per heavy atom. The lowest BCUT2D eigenvalue weighted by molar-refractivity contribution is -0.119. The molecule has 0 spiro atoms. The molecular weight excluding hydrogens is 304 g/mol. The molecule has 1 amide bonds. The highest BCUT2D eigenvalue weighted by molar-refractivity contribution is 5.80. The van der Waals surface area contributed by atoms with E-state index in [4.69, 9.17) is 5.73 Å². The number of guanidine groups is 1. The zero-order valence-electron chi connectivity index (χ0n) is 14.6. The highest BCUT2D eigenvalue weighted by Crippen LogP contribution is 2.09. The van der Waals surface area contributed by atoms with Crippen molar-refractivity contribution in [2.75, 3.05) is 33.2 Å². The summed E-state index contributed by atoms with van der Waals surface area (Å²) in [7, 11) is 1.78. The zero-order valence-corrected chi connectivity index (χ0v) is 14.6. The van der Waals surface area contributed by atoms with Crippen molar-refractivity contribution < 1.29 is 4.79 Å². The quantitative estimate of drug-likeness (QED) is 0.505. The van der Waals surface area contributed by atoms with Gasteiger partial charge in [-0.1, -0.05) is 6.07 Å². The number of aromatic nitrogens is 1. The Labute approximate surface area is 143 Å². The Bertz CT molecular complexity index is 549. The number of carbonyl (C=O) groups excluding carboxylic acids is 1. The molecule has 1 aliphatic heterocycles. The lowest BCUT2D eigenvalue weighted by Crippen LogP contribution is -2.50. The molecule has 1 aromatic heterocycles. The smallest absolute Gasteiger partial charge is 0.231 e. The fraction of sp³-hybridized carbons (Fsp3) is 0.588. The summed E-state index contributed by atoms with van der Waals surface area (Å²) in [6.45, 7) is 4.91. The maximum Gasteiger partial charge on any atom is 0.231 e. The SMILES string of the molecule is CN=C(NCCc1ccc(C)nc1)NC1CCN(CC(N)=O)CC1. The second-order valence-electron chi connectivity index (χ2n) is 6.22. The molecule has 2 rings (SSSR count). The van der Waals surface area contributed by atoms with E-state index >= 15 is 0 Å². The van der Waals surface area contributed by atoms with Crippen molar-refractivity contribution in [3.63, 3.8) is 0 Å². The van der Waals surface area contributed by atoms with Crippen molar-refractivity contribution in [3.05, 3.63) is 29.6 Å². The number of nitrogens with zero attached hydrogens (tertiary/aromatic N) is 3. The molecule has 132 valence electrons. The third-order valence-corrected chi connectivity index (χ3v) is 4.21. The number of aliphatic imine (C=N–C) groups is 1. The summed E-state index contributed by atoms with van der Waals surface area (Å²) in [5.41, 5.74) is 7.49. The minimum atomic E-state index is -0.260. The minimum Gasteiger partial charge on any atom is -0.369 e. The Morgan fingerprint density at radius 2 is 2.17 bits per heavy atom. The molecule has 2 heterocycles. The lowest BCUT2D eigenvalue weighted by atomic mass is 10.1. The first kappa shape index (κ1) is 18.2. The topological polar surface area (TPSA) is 95.6 Å². The second kappa shape index (κ2) is 9.22. The van der Waals surface area contributed by atoms with Crippen molar-refractivity contribution in [1.29, 1.82) is 0 Å². The molecule has 1 fully saturated rings. The zero-order chi connectivity index (χ0) is 17.4. The van der Waals surface area contributed by atoms with E-state index in [1.54, 1.807) is 7.05 Å². The van der Waals surface area contributed by atoms with Crippen LogP contribution in [0.2, 0.25) is 0 Å². The third-order valence-electron chi connectivity index (χ3n) is 4.21. The number of aryl methyl sites for hydroxylation is 1. The van der Waals surface area contributed by atoms with E-state index in [1.165, 1.54) is 5.56 Å². The minimum absolute atomic E-state index is 0.260. The number of hydrogen-bond donors (Lipinski definition) is 3. The van der Waals surface area contributed by atoms with Crippen LogP contribution >= 0.6 is 0 Å². The van der Waals surface area contributed by atoms with Gasteiger partial charge in [-0.2, -0.15) is 0 Å². The Morgan fingerprint density at radius 3 is 2.75 bits per heavy atom. The number of hydrogen-bond acceptors (Lipinski definition) is 4. The van der Waals surface area contributed by atoms with Crippen LogP contribution in [-0.4, -0.2) is 61.0 Å². The Kier molecular flexibility index (Phi) is 6.99. The molecule has 1 aromatic rings. The molecule has 0 saturated carbocycles. The Balaban J connectivity index is 1.69. The summed E-state index contributed by atoms with van der Waals surface area (Å²) in [4.78, 5) is 21.6. The van der Waals surface area contributed by atoms with Gasteiger partial charge in [-0.15, -0.1) is 0 Å². The first-order valence-corrected chi connectivity index (χ1v) is 8.46. The van der Waals surface area contributed by atoms with Crippen LogP contribution in [-0.2, 0) is 11.2 Å². The number of nitrogens with two attached hydrogens (primary N) is 1. The molecule has 0 bridgehead atoms. The number of primary amides is 1. The van der Waals surface area contributed by atoms with Crippen LogP contribution < -0.4 is 16.4 Å². The monoisotopic (exact) mass is 332 g/mol. The number of likely N-dealkylation sites (tertiary alicyclic amines) is 1. The summed E-state index contributed by atoms with van der Waals surface area (Å²) < 4.78 is 0. The second-order valence-corrected chi connectivity index (χ2v) is 6.22. The summed E-state index contributed by atoms with van der Waals surface area (Å²) in [5, 5.41) is 6.80. The molecule has 0 atom stereocenters. The van der Waals surface area contributed by atoms with Crippen LogP contribution in [0, 0.1) is 6.92 Å².